The van der Waals surface area contributed by atoms with Gasteiger partial charge in [0.25, 0.3) is 0 Å². The molecule has 3 aromatic carbocycles. The molecule has 0 saturated heterocycles. The Labute approximate surface area is 126 Å². The molecule has 0 bridgehead atoms. The molecule has 0 atom stereocenters. The molecule has 0 aliphatic heterocycles. The van der Waals surface area contributed by atoms with E-state index in [1.54, 1.807) is 0 Å². The molecule has 1 nitrogen and oxygen atoms in total. The highest BCUT2D eigenvalue weighted by molar-refractivity contribution is 5.89. The Balaban J connectivity index is 2.07. The first-order valence-electron chi connectivity index (χ1n) is 7.62. The van der Waals surface area contributed by atoms with Gasteiger partial charge in [0.1, 0.15) is 11.5 Å². The summed E-state index contributed by atoms with van der Waals surface area (Å²) in [7, 11) is 0. The number of aryl methyl sites for hydroxylation is 1. The van der Waals surface area contributed by atoms with Crippen molar-refractivity contribution >= 4 is 10.8 Å². The Kier molecular flexibility index (Phi) is 4.20. The van der Waals surface area contributed by atoms with E-state index in [4.69, 9.17) is 4.74 Å². The molecule has 3 rings (SSSR count). The number of fused-ring (bicyclic) bond motifs is 1. The molecule has 0 heterocycles. The highest BCUT2D eigenvalue weighted by atomic mass is 16.5. The van der Waals surface area contributed by atoms with Gasteiger partial charge >= 0.3 is 0 Å². The van der Waals surface area contributed by atoms with Gasteiger partial charge in [-0.1, -0.05) is 67.9 Å². The summed E-state index contributed by atoms with van der Waals surface area (Å²) in [5.41, 5.74) is 1.29. The smallest absolute Gasteiger partial charge is 0.138 e. The summed E-state index contributed by atoms with van der Waals surface area (Å²) in [6.45, 7) is 2.22. The average Bonchev–Trinajstić information content (AvgIpc) is 2.55. The predicted octanol–water partition coefficient (Wildman–Crippen LogP) is 5.97. The molecule has 0 saturated carbocycles. The molecule has 106 valence electrons. The monoisotopic (exact) mass is 276 g/mol. The van der Waals surface area contributed by atoms with Crippen LogP contribution in [0.3, 0.4) is 0 Å². The molecule has 0 spiro atoms. The number of benzene rings is 3. The second-order valence-corrected chi connectivity index (χ2v) is 5.29. The normalized spacial score (nSPS) is 10.7. The maximum Gasteiger partial charge on any atom is 0.138 e. The summed E-state index contributed by atoms with van der Waals surface area (Å²) in [5.74, 6) is 1.90. The first-order chi connectivity index (χ1) is 10.4. The lowest BCUT2D eigenvalue weighted by atomic mass is 10.0. The van der Waals surface area contributed by atoms with E-state index in [0.29, 0.717) is 0 Å². The standard InChI is InChI=1S/C20H20O/c1-2-3-9-17-15-14-16-10-7-8-13-19(16)20(17)21-18-11-5-4-6-12-18/h4-8,10-15H,2-3,9H2,1H3. The van der Waals surface area contributed by atoms with Crippen molar-refractivity contribution in [3.05, 3.63) is 72.3 Å². The molecule has 3 aromatic rings. The van der Waals surface area contributed by atoms with E-state index in [1.807, 2.05) is 30.3 Å². The molecule has 0 unspecified atom stereocenters. The van der Waals surface area contributed by atoms with E-state index in [-0.39, 0.29) is 0 Å². The Bertz CT molecular complexity index is 716. The number of ether oxygens (including phenoxy) is 1. The van der Waals surface area contributed by atoms with Crippen molar-refractivity contribution in [1.29, 1.82) is 0 Å². The Hall–Kier alpha value is -2.28. The van der Waals surface area contributed by atoms with E-state index < -0.39 is 0 Å². The van der Waals surface area contributed by atoms with Gasteiger partial charge in [-0.3, -0.25) is 0 Å². The van der Waals surface area contributed by atoms with Gasteiger partial charge in [-0.05, 0) is 35.9 Å². The Morgan fingerprint density at radius 1 is 0.810 bits per heavy atom. The second kappa shape index (κ2) is 6.45. The molecule has 0 aliphatic rings. The van der Waals surface area contributed by atoms with E-state index in [1.165, 1.54) is 29.2 Å². The summed E-state index contributed by atoms with van der Waals surface area (Å²) in [6, 6.07) is 22.8. The molecule has 1 heteroatoms. The fourth-order valence-electron chi connectivity index (χ4n) is 2.58. The summed E-state index contributed by atoms with van der Waals surface area (Å²) in [5, 5.41) is 2.42. The molecule has 21 heavy (non-hydrogen) atoms. The molecular weight excluding hydrogens is 256 g/mol. The van der Waals surface area contributed by atoms with Crippen LogP contribution in [0.25, 0.3) is 10.8 Å². The fourth-order valence-corrected chi connectivity index (χ4v) is 2.58. The Morgan fingerprint density at radius 3 is 2.38 bits per heavy atom. The molecule has 0 N–H and O–H groups in total. The van der Waals surface area contributed by atoms with E-state index >= 15 is 0 Å². The van der Waals surface area contributed by atoms with Crippen molar-refractivity contribution in [2.75, 3.05) is 0 Å². The molecule has 0 aromatic heterocycles. The highest BCUT2D eigenvalue weighted by Gasteiger charge is 2.09. The van der Waals surface area contributed by atoms with Gasteiger partial charge in [0.2, 0.25) is 0 Å². The summed E-state index contributed by atoms with van der Waals surface area (Å²) >= 11 is 0. The lowest BCUT2D eigenvalue weighted by molar-refractivity contribution is 0.481. The molecule has 0 fully saturated rings. The topological polar surface area (TPSA) is 9.23 Å². The maximum atomic E-state index is 6.22. The quantitative estimate of drug-likeness (QED) is 0.557. The van der Waals surface area contributed by atoms with Gasteiger partial charge in [0, 0.05) is 5.39 Å². The minimum Gasteiger partial charge on any atom is -0.456 e. The number of hydrogen-bond donors (Lipinski definition) is 0. The molecule has 0 radical (unpaired) electrons. The van der Waals surface area contributed by atoms with Gasteiger partial charge in [-0.15, -0.1) is 0 Å². The van der Waals surface area contributed by atoms with Gasteiger partial charge in [-0.2, -0.15) is 0 Å². The zero-order valence-corrected chi connectivity index (χ0v) is 12.4. The summed E-state index contributed by atoms with van der Waals surface area (Å²) in [6.07, 6.45) is 3.44. The molecule has 0 aliphatic carbocycles. The van der Waals surface area contributed by atoms with E-state index in [0.717, 1.165) is 17.9 Å². The van der Waals surface area contributed by atoms with Crippen LogP contribution in [0.15, 0.2) is 66.7 Å². The molecular formula is C20H20O. The average molecular weight is 276 g/mol. The zero-order valence-electron chi connectivity index (χ0n) is 12.4. The SMILES string of the molecule is CCCCc1ccc2ccccc2c1Oc1ccccc1. The summed E-state index contributed by atoms with van der Waals surface area (Å²) in [4.78, 5) is 0. The van der Waals surface area contributed by atoms with Gasteiger partial charge in [-0.25, -0.2) is 0 Å². The van der Waals surface area contributed by atoms with E-state index in [9.17, 15) is 0 Å². The van der Waals surface area contributed by atoms with Crippen LogP contribution in [0.2, 0.25) is 0 Å². The van der Waals surface area contributed by atoms with Crippen LogP contribution in [-0.2, 0) is 6.42 Å². The lowest BCUT2D eigenvalue weighted by Gasteiger charge is -2.14. The van der Waals surface area contributed by atoms with Crippen LogP contribution in [-0.4, -0.2) is 0 Å². The fraction of sp³-hybridized carbons (Fsp3) is 0.200. The first-order valence-corrected chi connectivity index (χ1v) is 7.62. The maximum absolute atomic E-state index is 6.22. The van der Waals surface area contributed by atoms with Crippen LogP contribution < -0.4 is 4.74 Å². The number of unbranched alkanes of at least 4 members (excludes halogenated alkanes) is 1. The van der Waals surface area contributed by atoms with Crippen LogP contribution in [0, 0.1) is 0 Å². The third-order valence-electron chi connectivity index (χ3n) is 3.72. The van der Waals surface area contributed by atoms with Crippen molar-refractivity contribution in [1.82, 2.24) is 0 Å². The van der Waals surface area contributed by atoms with Crippen molar-refractivity contribution in [2.45, 2.75) is 26.2 Å². The Morgan fingerprint density at radius 2 is 1.57 bits per heavy atom. The van der Waals surface area contributed by atoms with Crippen molar-refractivity contribution in [3.63, 3.8) is 0 Å². The lowest BCUT2D eigenvalue weighted by Crippen LogP contribution is -1.94. The van der Waals surface area contributed by atoms with Gasteiger partial charge in [0.05, 0.1) is 0 Å². The van der Waals surface area contributed by atoms with Crippen LogP contribution in [0.5, 0.6) is 11.5 Å². The largest absolute Gasteiger partial charge is 0.456 e. The highest BCUT2D eigenvalue weighted by Crippen LogP contribution is 2.34. The molecule has 0 amide bonds. The zero-order chi connectivity index (χ0) is 14.5. The van der Waals surface area contributed by atoms with Crippen molar-refractivity contribution in [2.24, 2.45) is 0 Å². The number of para-hydroxylation sites is 1. The minimum absolute atomic E-state index is 0.895. The third kappa shape index (κ3) is 3.08. The third-order valence-corrected chi connectivity index (χ3v) is 3.72. The van der Waals surface area contributed by atoms with Crippen LogP contribution >= 0.6 is 0 Å². The number of rotatable bonds is 5. The van der Waals surface area contributed by atoms with E-state index in [2.05, 4.69) is 43.3 Å². The van der Waals surface area contributed by atoms with Gasteiger partial charge in [0.15, 0.2) is 0 Å². The summed E-state index contributed by atoms with van der Waals surface area (Å²) < 4.78 is 6.22. The van der Waals surface area contributed by atoms with Crippen molar-refractivity contribution < 1.29 is 4.74 Å². The van der Waals surface area contributed by atoms with Crippen LogP contribution in [0.1, 0.15) is 25.3 Å². The van der Waals surface area contributed by atoms with Crippen molar-refractivity contribution in [3.8, 4) is 11.5 Å². The minimum atomic E-state index is 0.895. The first kappa shape index (κ1) is 13.7. The van der Waals surface area contributed by atoms with Gasteiger partial charge < -0.3 is 4.74 Å². The van der Waals surface area contributed by atoms with Crippen LogP contribution in [0.4, 0.5) is 0 Å². The number of hydrogen-bond acceptors (Lipinski definition) is 1. The second-order valence-electron chi connectivity index (χ2n) is 5.29. The predicted molar refractivity (Wildman–Crippen MR) is 89.1 cm³/mol.